The Labute approximate surface area is 103 Å². The van der Waals surface area contributed by atoms with E-state index in [1.54, 1.807) is 0 Å². The quantitative estimate of drug-likeness (QED) is 0.705. The second kappa shape index (κ2) is 5.52. The molecule has 1 aromatic rings. The minimum atomic E-state index is -0.236. The predicted octanol–water partition coefficient (Wildman–Crippen LogP) is 4.52. The van der Waals surface area contributed by atoms with E-state index in [4.69, 9.17) is 4.74 Å². The van der Waals surface area contributed by atoms with E-state index >= 15 is 0 Å². The van der Waals surface area contributed by atoms with Crippen LogP contribution in [0.3, 0.4) is 0 Å². The maximum absolute atomic E-state index is 13.6. The Morgan fingerprint density at radius 1 is 1.29 bits per heavy atom. The lowest BCUT2D eigenvalue weighted by atomic mass is 9.94. The van der Waals surface area contributed by atoms with E-state index < -0.39 is 0 Å². The van der Waals surface area contributed by atoms with Crippen LogP contribution in [0.25, 0.3) is 0 Å². The molecule has 0 aliphatic heterocycles. The topological polar surface area (TPSA) is 9.23 Å². The second-order valence-corrected chi connectivity index (χ2v) is 4.96. The number of hydrogen-bond donors (Lipinski definition) is 0. The first kappa shape index (κ1) is 12.4. The summed E-state index contributed by atoms with van der Waals surface area (Å²) in [5.74, 6) is 1.37. The van der Waals surface area contributed by atoms with Crippen molar-refractivity contribution in [3.05, 3.63) is 29.6 Å². The molecular weight excluding hydrogens is 215 g/mol. The summed E-state index contributed by atoms with van der Waals surface area (Å²) in [7, 11) is 0. The first-order chi connectivity index (χ1) is 8.24. The van der Waals surface area contributed by atoms with Crippen LogP contribution in [0.5, 0.6) is 5.75 Å². The minimum absolute atomic E-state index is 0.236. The van der Waals surface area contributed by atoms with Gasteiger partial charge in [-0.15, -0.1) is 0 Å². The third kappa shape index (κ3) is 3.21. The first-order valence-corrected chi connectivity index (χ1v) is 6.66. The molecule has 1 fully saturated rings. The number of benzene rings is 1. The molecule has 2 heteroatoms. The highest BCUT2D eigenvalue weighted by Gasteiger charge is 2.22. The van der Waals surface area contributed by atoms with Gasteiger partial charge in [-0.3, -0.25) is 0 Å². The zero-order chi connectivity index (χ0) is 12.3. The Bertz CT molecular complexity index is 367. The van der Waals surface area contributed by atoms with Crippen molar-refractivity contribution in [2.45, 2.75) is 45.4 Å². The van der Waals surface area contributed by atoms with Crippen molar-refractivity contribution in [3.8, 4) is 5.75 Å². The molecule has 0 amide bonds. The Morgan fingerprint density at radius 2 is 2.00 bits per heavy atom. The van der Waals surface area contributed by atoms with E-state index in [2.05, 4.69) is 13.8 Å². The van der Waals surface area contributed by atoms with Crippen molar-refractivity contribution in [3.63, 3.8) is 0 Å². The fourth-order valence-corrected chi connectivity index (χ4v) is 2.14. The number of hydrogen-bond acceptors (Lipinski definition) is 1. The van der Waals surface area contributed by atoms with Gasteiger partial charge in [0.05, 0.1) is 6.61 Å². The number of rotatable bonds is 6. The molecule has 1 aliphatic carbocycles. The molecule has 0 spiro atoms. The Morgan fingerprint density at radius 3 is 2.59 bits per heavy atom. The summed E-state index contributed by atoms with van der Waals surface area (Å²) in [6, 6.07) is 5.31. The number of halogens is 1. The van der Waals surface area contributed by atoms with E-state index in [-0.39, 0.29) is 5.82 Å². The van der Waals surface area contributed by atoms with Crippen LogP contribution in [0.15, 0.2) is 18.2 Å². The molecule has 94 valence electrons. The lowest BCUT2D eigenvalue weighted by Crippen LogP contribution is -2.03. The third-order valence-electron chi connectivity index (χ3n) is 3.58. The molecule has 2 rings (SSSR count). The number of ether oxygens (including phenoxy) is 1. The van der Waals surface area contributed by atoms with Crippen LogP contribution < -0.4 is 4.74 Å². The van der Waals surface area contributed by atoms with Gasteiger partial charge >= 0.3 is 0 Å². The van der Waals surface area contributed by atoms with Gasteiger partial charge in [-0.1, -0.05) is 19.9 Å². The molecule has 1 aromatic carbocycles. The lowest BCUT2D eigenvalue weighted by molar-refractivity contribution is 0.285. The van der Waals surface area contributed by atoms with Gasteiger partial charge in [0.2, 0.25) is 0 Å². The Kier molecular flexibility index (Phi) is 4.03. The van der Waals surface area contributed by atoms with Crippen molar-refractivity contribution in [2.75, 3.05) is 6.61 Å². The molecule has 0 bridgehead atoms. The highest BCUT2D eigenvalue weighted by atomic mass is 19.1. The highest BCUT2D eigenvalue weighted by molar-refractivity contribution is 5.32. The van der Waals surface area contributed by atoms with Gasteiger partial charge in [-0.25, -0.2) is 4.39 Å². The van der Waals surface area contributed by atoms with Gasteiger partial charge in [-0.05, 0) is 55.2 Å². The zero-order valence-corrected chi connectivity index (χ0v) is 10.7. The average Bonchev–Trinajstić information content (AvgIpc) is 3.15. The largest absolute Gasteiger partial charge is 0.490 e. The fourth-order valence-electron chi connectivity index (χ4n) is 2.14. The van der Waals surface area contributed by atoms with Gasteiger partial charge in [0.15, 0.2) is 11.6 Å². The van der Waals surface area contributed by atoms with Gasteiger partial charge in [0.25, 0.3) is 0 Å². The van der Waals surface area contributed by atoms with Gasteiger partial charge in [-0.2, -0.15) is 0 Å². The van der Waals surface area contributed by atoms with Crippen LogP contribution in [0.2, 0.25) is 0 Å². The molecule has 1 nitrogen and oxygen atoms in total. The molecular formula is C15H21FO. The summed E-state index contributed by atoms with van der Waals surface area (Å²) < 4.78 is 19.2. The average molecular weight is 236 g/mol. The van der Waals surface area contributed by atoms with Gasteiger partial charge in [0, 0.05) is 0 Å². The molecule has 0 heterocycles. The molecule has 0 aromatic heterocycles. The molecule has 1 aliphatic rings. The summed E-state index contributed by atoms with van der Waals surface area (Å²) in [5.41, 5.74) is 1.20. The van der Waals surface area contributed by atoms with Crippen LogP contribution in [0.1, 0.15) is 51.0 Å². The Hall–Kier alpha value is -1.05. The smallest absolute Gasteiger partial charge is 0.165 e. The maximum atomic E-state index is 13.6. The van der Waals surface area contributed by atoms with E-state index in [1.165, 1.54) is 24.5 Å². The summed E-state index contributed by atoms with van der Waals surface area (Å²) in [5, 5.41) is 0. The minimum Gasteiger partial charge on any atom is -0.490 e. The van der Waals surface area contributed by atoms with Gasteiger partial charge < -0.3 is 4.74 Å². The maximum Gasteiger partial charge on any atom is 0.165 e. The van der Waals surface area contributed by atoms with Crippen LogP contribution in [-0.4, -0.2) is 6.61 Å². The van der Waals surface area contributed by atoms with Crippen molar-refractivity contribution in [2.24, 2.45) is 5.92 Å². The summed E-state index contributed by atoms with van der Waals surface area (Å²) >= 11 is 0. The SMILES string of the molecule is CCC(CC)c1ccc(F)c(OCC2CC2)c1. The van der Waals surface area contributed by atoms with Crippen LogP contribution in [0, 0.1) is 11.7 Å². The predicted molar refractivity (Wildman–Crippen MR) is 67.9 cm³/mol. The monoisotopic (exact) mass is 236 g/mol. The van der Waals surface area contributed by atoms with Crippen molar-refractivity contribution >= 4 is 0 Å². The van der Waals surface area contributed by atoms with Crippen molar-refractivity contribution in [1.29, 1.82) is 0 Å². The van der Waals surface area contributed by atoms with Gasteiger partial charge in [0.1, 0.15) is 0 Å². The van der Waals surface area contributed by atoms with Crippen molar-refractivity contribution < 1.29 is 9.13 Å². The highest BCUT2D eigenvalue weighted by Crippen LogP contribution is 2.32. The van der Waals surface area contributed by atoms with Crippen LogP contribution >= 0.6 is 0 Å². The molecule has 17 heavy (non-hydrogen) atoms. The Balaban J connectivity index is 2.09. The lowest BCUT2D eigenvalue weighted by Gasteiger charge is -2.15. The second-order valence-electron chi connectivity index (χ2n) is 4.96. The molecule has 0 unspecified atom stereocenters. The normalized spacial score (nSPS) is 15.3. The third-order valence-corrected chi connectivity index (χ3v) is 3.58. The first-order valence-electron chi connectivity index (χ1n) is 6.66. The summed E-state index contributed by atoms with van der Waals surface area (Å²) in [6.45, 7) is 5.01. The standard InChI is InChI=1S/C15H21FO/c1-3-12(4-2)13-7-8-14(16)15(9-13)17-10-11-5-6-11/h7-9,11-12H,3-6,10H2,1-2H3. The molecule has 0 N–H and O–H groups in total. The van der Waals surface area contributed by atoms with E-state index in [9.17, 15) is 4.39 Å². The van der Waals surface area contributed by atoms with Crippen molar-refractivity contribution in [1.82, 2.24) is 0 Å². The van der Waals surface area contributed by atoms with E-state index in [0.29, 0.717) is 24.2 Å². The molecule has 1 saturated carbocycles. The van der Waals surface area contributed by atoms with Crippen LogP contribution in [0.4, 0.5) is 4.39 Å². The molecule has 0 atom stereocenters. The summed E-state index contributed by atoms with van der Waals surface area (Å²) in [4.78, 5) is 0. The van der Waals surface area contributed by atoms with Crippen LogP contribution in [-0.2, 0) is 0 Å². The summed E-state index contributed by atoms with van der Waals surface area (Å²) in [6.07, 6.45) is 4.64. The fraction of sp³-hybridized carbons (Fsp3) is 0.600. The molecule has 0 radical (unpaired) electrons. The van der Waals surface area contributed by atoms with E-state index in [0.717, 1.165) is 12.8 Å². The zero-order valence-electron chi connectivity index (χ0n) is 10.7. The molecule has 0 saturated heterocycles. The van der Waals surface area contributed by atoms with E-state index in [1.807, 2.05) is 12.1 Å².